The molecule has 1 saturated carbocycles. The van der Waals surface area contributed by atoms with E-state index in [1.54, 1.807) is 0 Å². The molecule has 0 heteroatoms. The van der Waals surface area contributed by atoms with Gasteiger partial charge in [0.05, 0.1) is 0 Å². The van der Waals surface area contributed by atoms with E-state index in [-0.39, 0.29) is 0 Å². The lowest BCUT2D eigenvalue weighted by Crippen LogP contribution is -1.91. The summed E-state index contributed by atoms with van der Waals surface area (Å²) in [6.45, 7) is 1.98. The van der Waals surface area contributed by atoms with Crippen LogP contribution in [0.15, 0.2) is 23.1 Å². The second-order valence-corrected chi connectivity index (χ2v) is 2.72. The number of hydrogen-bond acceptors (Lipinski definition) is 0. The zero-order valence-electron chi connectivity index (χ0n) is 6.61. The largest absolute Gasteiger partial charge is 0.0750 e. The highest BCUT2D eigenvalue weighted by Crippen LogP contribution is 2.21. The van der Waals surface area contributed by atoms with Crippen molar-refractivity contribution < 1.29 is 0 Å². The van der Waals surface area contributed by atoms with E-state index in [2.05, 4.69) is 11.5 Å². The molecule has 0 spiro atoms. The predicted molar refractivity (Wildman–Crippen MR) is 43.9 cm³/mol. The monoisotopic (exact) mass is 134 g/mol. The third kappa shape index (κ3) is 2.27. The van der Waals surface area contributed by atoms with Gasteiger partial charge in [-0.25, -0.2) is 0 Å². The fourth-order valence-corrected chi connectivity index (χ4v) is 1.28. The SMILES string of the molecule is CC=C=C=C1CCCCC1. The molecule has 0 bridgehead atoms. The molecule has 0 atom stereocenters. The van der Waals surface area contributed by atoms with Crippen molar-refractivity contribution in [2.24, 2.45) is 0 Å². The van der Waals surface area contributed by atoms with Crippen molar-refractivity contribution in [1.29, 1.82) is 0 Å². The first-order chi connectivity index (χ1) is 4.93. The van der Waals surface area contributed by atoms with Crippen LogP contribution >= 0.6 is 0 Å². The Labute approximate surface area is 62.9 Å². The molecule has 0 N–H and O–H groups in total. The molecule has 0 amide bonds. The van der Waals surface area contributed by atoms with Gasteiger partial charge in [0.15, 0.2) is 0 Å². The number of rotatable bonds is 0. The molecule has 54 valence electrons. The minimum Gasteiger partial charge on any atom is -0.0750 e. The van der Waals surface area contributed by atoms with Crippen LogP contribution in [0.5, 0.6) is 0 Å². The molecular formula is C10H14. The molecule has 0 nitrogen and oxygen atoms in total. The molecule has 1 aliphatic carbocycles. The molecule has 1 fully saturated rings. The van der Waals surface area contributed by atoms with Crippen LogP contribution in [0.25, 0.3) is 0 Å². The van der Waals surface area contributed by atoms with Crippen molar-refractivity contribution in [2.75, 3.05) is 0 Å². The molecule has 0 aromatic heterocycles. The maximum absolute atomic E-state index is 3.18. The van der Waals surface area contributed by atoms with Crippen molar-refractivity contribution in [2.45, 2.75) is 39.0 Å². The van der Waals surface area contributed by atoms with Gasteiger partial charge in [-0.1, -0.05) is 17.9 Å². The van der Waals surface area contributed by atoms with Crippen LogP contribution in [0, 0.1) is 0 Å². The van der Waals surface area contributed by atoms with Crippen molar-refractivity contribution >= 4 is 0 Å². The Morgan fingerprint density at radius 2 is 1.90 bits per heavy atom. The van der Waals surface area contributed by atoms with Crippen molar-refractivity contribution in [3.05, 3.63) is 23.1 Å². The van der Waals surface area contributed by atoms with Gasteiger partial charge < -0.3 is 0 Å². The Bertz CT molecular complexity index is 178. The summed E-state index contributed by atoms with van der Waals surface area (Å²) in [5.74, 6) is 0. The Balaban J connectivity index is 2.62. The van der Waals surface area contributed by atoms with Crippen LogP contribution in [-0.4, -0.2) is 0 Å². The number of allylic oxidation sites excluding steroid dienone is 2. The summed E-state index contributed by atoms with van der Waals surface area (Å²) in [7, 11) is 0. The summed E-state index contributed by atoms with van der Waals surface area (Å²) in [5.41, 5.74) is 7.65. The number of hydrogen-bond donors (Lipinski definition) is 0. The second-order valence-electron chi connectivity index (χ2n) is 2.72. The standard InChI is InChI=1S/C10H14/c1-2-3-7-10-8-5-4-6-9-10/h2H,4-6,8-9H2,1H3. The first-order valence-electron chi connectivity index (χ1n) is 4.07. The van der Waals surface area contributed by atoms with Crippen LogP contribution < -0.4 is 0 Å². The summed E-state index contributed by atoms with van der Waals surface area (Å²) in [6, 6.07) is 0. The first kappa shape index (κ1) is 7.41. The summed E-state index contributed by atoms with van der Waals surface area (Å²) in [5, 5.41) is 0. The quantitative estimate of drug-likeness (QED) is 0.446. The van der Waals surface area contributed by atoms with E-state index in [0.717, 1.165) is 0 Å². The Hall–Kier alpha value is -0.700. The highest BCUT2D eigenvalue weighted by molar-refractivity contribution is 5.03. The molecule has 0 aromatic carbocycles. The van der Waals surface area contributed by atoms with E-state index in [9.17, 15) is 0 Å². The van der Waals surface area contributed by atoms with E-state index in [0.29, 0.717) is 0 Å². The smallest absolute Gasteiger partial charge is 0.0199 e. The Morgan fingerprint density at radius 3 is 2.50 bits per heavy atom. The summed E-state index contributed by atoms with van der Waals surface area (Å²) in [4.78, 5) is 0. The molecule has 1 rings (SSSR count). The van der Waals surface area contributed by atoms with Gasteiger partial charge in [0, 0.05) is 0 Å². The van der Waals surface area contributed by atoms with Crippen LogP contribution in [0.3, 0.4) is 0 Å². The highest BCUT2D eigenvalue weighted by Gasteiger charge is 2.02. The molecule has 0 aliphatic heterocycles. The van der Waals surface area contributed by atoms with Gasteiger partial charge >= 0.3 is 0 Å². The second kappa shape index (κ2) is 4.17. The average Bonchev–Trinajstić information content (AvgIpc) is 2.03. The lowest BCUT2D eigenvalue weighted by atomic mass is 9.96. The van der Waals surface area contributed by atoms with Gasteiger partial charge in [-0.3, -0.25) is 0 Å². The van der Waals surface area contributed by atoms with Gasteiger partial charge in [0.25, 0.3) is 0 Å². The summed E-state index contributed by atoms with van der Waals surface area (Å²) >= 11 is 0. The van der Waals surface area contributed by atoms with Gasteiger partial charge in [-0.15, -0.1) is 0 Å². The lowest BCUT2D eigenvalue weighted by molar-refractivity contribution is 0.600. The van der Waals surface area contributed by atoms with Crippen LogP contribution in [-0.2, 0) is 0 Å². The average molecular weight is 134 g/mol. The molecule has 0 saturated heterocycles. The molecule has 0 unspecified atom stereocenters. The van der Waals surface area contributed by atoms with Crippen molar-refractivity contribution in [3.63, 3.8) is 0 Å². The fourth-order valence-electron chi connectivity index (χ4n) is 1.28. The van der Waals surface area contributed by atoms with E-state index in [1.165, 1.54) is 37.7 Å². The molecule has 0 aromatic rings. The maximum atomic E-state index is 3.18. The van der Waals surface area contributed by atoms with Crippen LogP contribution in [0.4, 0.5) is 0 Å². The van der Waals surface area contributed by atoms with E-state index >= 15 is 0 Å². The summed E-state index contributed by atoms with van der Waals surface area (Å²) < 4.78 is 0. The van der Waals surface area contributed by atoms with E-state index in [1.807, 2.05) is 13.0 Å². The fraction of sp³-hybridized carbons (Fsp3) is 0.600. The zero-order chi connectivity index (χ0) is 7.23. The highest BCUT2D eigenvalue weighted by atomic mass is 14.1. The normalized spacial score (nSPS) is 17.5. The lowest BCUT2D eigenvalue weighted by Gasteiger charge is -2.09. The first-order valence-corrected chi connectivity index (χ1v) is 4.07. The zero-order valence-corrected chi connectivity index (χ0v) is 6.61. The topological polar surface area (TPSA) is 0 Å². The Morgan fingerprint density at radius 1 is 1.20 bits per heavy atom. The van der Waals surface area contributed by atoms with Gasteiger partial charge in [-0.05, 0) is 44.3 Å². The van der Waals surface area contributed by atoms with Crippen molar-refractivity contribution in [3.8, 4) is 0 Å². The molecule has 0 heterocycles. The van der Waals surface area contributed by atoms with Crippen LogP contribution in [0.2, 0.25) is 0 Å². The van der Waals surface area contributed by atoms with Crippen LogP contribution in [0.1, 0.15) is 39.0 Å². The molecule has 10 heavy (non-hydrogen) atoms. The summed E-state index contributed by atoms with van der Waals surface area (Å²) in [6.07, 6.45) is 8.53. The third-order valence-electron chi connectivity index (χ3n) is 1.85. The van der Waals surface area contributed by atoms with Crippen molar-refractivity contribution in [1.82, 2.24) is 0 Å². The van der Waals surface area contributed by atoms with E-state index in [4.69, 9.17) is 0 Å². The molecule has 1 aliphatic rings. The predicted octanol–water partition coefficient (Wildman–Crippen LogP) is 3.21. The minimum absolute atomic E-state index is 1.25. The minimum atomic E-state index is 1.25. The van der Waals surface area contributed by atoms with E-state index < -0.39 is 0 Å². The van der Waals surface area contributed by atoms with Gasteiger partial charge in [0.2, 0.25) is 0 Å². The van der Waals surface area contributed by atoms with Gasteiger partial charge in [0.1, 0.15) is 0 Å². The molecule has 0 radical (unpaired) electrons. The maximum Gasteiger partial charge on any atom is -0.0199 e. The Kier molecular flexibility index (Phi) is 3.09. The van der Waals surface area contributed by atoms with Gasteiger partial charge in [-0.2, -0.15) is 0 Å². The third-order valence-corrected chi connectivity index (χ3v) is 1.85. The molecular weight excluding hydrogens is 120 g/mol.